The Hall–Kier alpha value is -3.03. The zero-order valence-electron chi connectivity index (χ0n) is 18.3. The summed E-state index contributed by atoms with van der Waals surface area (Å²) in [6, 6.07) is 14.7. The minimum absolute atomic E-state index is 0.0340. The summed E-state index contributed by atoms with van der Waals surface area (Å²) in [6.07, 6.45) is 4.75. The molecule has 0 bridgehead atoms. The minimum Gasteiger partial charge on any atom is -0.339 e. The molecule has 0 saturated carbocycles. The molecule has 1 aliphatic rings. The van der Waals surface area contributed by atoms with E-state index in [-0.39, 0.29) is 5.91 Å². The molecule has 1 aliphatic heterocycles. The third-order valence-corrected chi connectivity index (χ3v) is 6.85. The van der Waals surface area contributed by atoms with Crippen molar-refractivity contribution >= 4 is 28.1 Å². The molecule has 0 spiro atoms. The van der Waals surface area contributed by atoms with E-state index in [1.165, 1.54) is 16.5 Å². The van der Waals surface area contributed by atoms with Crippen LogP contribution in [0.3, 0.4) is 0 Å². The molecule has 0 aliphatic carbocycles. The van der Waals surface area contributed by atoms with E-state index in [4.69, 9.17) is 4.98 Å². The van der Waals surface area contributed by atoms with E-state index in [1.807, 2.05) is 22.5 Å². The fraction of sp³-hybridized carbons (Fsp3) is 0.320. The second-order valence-electron chi connectivity index (χ2n) is 8.21. The number of pyridine rings is 1. The van der Waals surface area contributed by atoms with Crippen molar-refractivity contribution in [2.45, 2.75) is 26.4 Å². The highest BCUT2D eigenvalue weighted by atomic mass is 32.1. The van der Waals surface area contributed by atoms with Crippen molar-refractivity contribution in [2.24, 2.45) is 0 Å². The van der Waals surface area contributed by atoms with Crippen molar-refractivity contribution in [1.29, 1.82) is 0 Å². The molecule has 1 fully saturated rings. The van der Waals surface area contributed by atoms with Crippen molar-refractivity contribution in [3.05, 3.63) is 71.5 Å². The van der Waals surface area contributed by atoms with E-state index in [1.54, 1.807) is 17.5 Å². The number of carbonyl (C=O) groups excluding carboxylic acids is 1. The van der Waals surface area contributed by atoms with E-state index in [0.717, 1.165) is 56.4 Å². The van der Waals surface area contributed by atoms with E-state index in [9.17, 15) is 4.79 Å². The number of hydrogen-bond donors (Lipinski definition) is 0. The third kappa shape index (κ3) is 4.18. The Kier molecular flexibility index (Phi) is 6.01. The number of aryl methyl sites for hydroxylation is 1. The average Bonchev–Trinajstić information content (AvgIpc) is 3.46. The molecular weight excluding hydrogens is 418 g/mol. The first-order chi connectivity index (χ1) is 15.7. The van der Waals surface area contributed by atoms with Crippen molar-refractivity contribution in [3.63, 3.8) is 0 Å². The number of aromatic nitrogens is 3. The highest BCUT2D eigenvalue weighted by Gasteiger charge is 2.24. The van der Waals surface area contributed by atoms with Crippen LogP contribution in [0.5, 0.6) is 0 Å². The van der Waals surface area contributed by atoms with Gasteiger partial charge in [0.25, 0.3) is 5.91 Å². The molecular formula is C25H27N5OS. The van der Waals surface area contributed by atoms with Gasteiger partial charge in [-0.15, -0.1) is 11.3 Å². The van der Waals surface area contributed by atoms with Crippen LogP contribution in [0.2, 0.25) is 0 Å². The maximum absolute atomic E-state index is 13.1. The highest BCUT2D eigenvalue weighted by molar-refractivity contribution is 7.13. The van der Waals surface area contributed by atoms with Crippen LogP contribution in [0.15, 0.2) is 60.2 Å². The molecule has 3 aromatic heterocycles. The lowest BCUT2D eigenvalue weighted by atomic mass is 10.2. The van der Waals surface area contributed by atoms with E-state index in [0.29, 0.717) is 5.69 Å². The van der Waals surface area contributed by atoms with Gasteiger partial charge >= 0.3 is 0 Å². The third-order valence-electron chi connectivity index (χ3n) is 5.99. The van der Waals surface area contributed by atoms with Gasteiger partial charge in [0.05, 0.1) is 5.69 Å². The Morgan fingerprint density at radius 3 is 2.72 bits per heavy atom. The van der Waals surface area contributed by atoms with Gasteiger partial charge in [-0.05, 0) is 30.2 Å². The Bertz CT molecular complexity index is 1210. The van der Waals surface area contributed by atoms with Gasteiger partial charge in [-0.2, -0.15) is 0 Å². The van der Waals surface area contributed by atoms with Crippen LogP contribution in [0.25, 0.3) is 21.6 Å². The smallest absolute Gasteiger partial charge is 0.273 e. The van der Waals surface area contributed by atoms with Gasteiger partial charge < -0.3 is 9.47 Å². The zero-order valence-corrected chi connectivity index (χ0v) is 19.1. The van der Waals surface area contributed by atoms with Gasteiger partial charge in [0.15, 0.2) is 0 Å². The number of benzene rings is 1. The van der Waals surface area contributed by atoms with Crippen LogP contribution in [-0.2, 0) is 13.1 Å². The van der Waals surface area contributed by atoms with Gasteiger partial charge in [-0.3, -0.25) is 14.7 Å². The predicted molar refractivity (Wildman–Crippen MR) is 129 cm³/mol. The SMILES string of the molecule is CCCn1c(-c2nc(C(=O)N3CCN(Cc4cccnc4)CC3)cs2)cc2ccccc21. The molecule has 4 aromatic rings. The molecule has 0 unspecified atom stereocenters. The van der Waals surface area contributed by atoms with Crippen LogP contribution in [-0.4, -0.2) is 56.4 Å². The quantitative estimate of drug-likeness (QED) is 0.438. The summed E-state index contributed by atoms with van der Waals surface area (Å²) < 4.78 is 2.32. The summed E-state index contributed by atoms with van der Waals surface area (Å²) in [5.41, 5.74) is 4.08. The lowest BCUT2D eigenvalue weighted by molar-refractivity contribution is 0.0623. The summed E-state index contributed by atoms with van der Waals surface area (Å²) in [4.78, 5) is 26.4. The molecule has 164 valence electrons. The van der Waals surface area contributed by atoms with E-state index < -0.39 is 0 Å². The van der Waals surface area contributed by atoms with Crippen molar-refractivity contribution in [2.75, 3.05) is 26.2 Å². The topological polar surface area (TPSA) is 54.3 Å². The van der Waals surface area contributed by atoms with Gasteiger partial charge in [0, 0.05) is 67.9 Å². The average molecular weight is 446 g/mol. The molecule has 1 saturated heterocycles. The van der Waals surface area contributed by atoms with Crippen LogP contribution < -0.4 is 0 Å². The first-order valence-corrected chi connectivity index (χ1v) is 12.1. The van der Waals surface area contributed by atoms with E-state index in [2.05, 4.69) is 57.8 Å². The van der Waals surface area contributed by atoms with Crippen molar-refractivity contribution in [1.82, 2.24) is 24.3 Å². The van der Waals surface area contributed by atoms with E-state index >= 15 is 0 Å². The van der Waals surface area contributed by atoms with Crippen LogP contribution >= 0.6 is 11.3 Å². The molecule has 0 radical (unpaired) electrons. The Labute approximate surface area is 192 Å². The number of hydrogen-bond acceptors (Lipinski definition) is 5. The fourth-order valence-corrected chi connectivity index (χ4v) is 5.18. The maximum Gasteiger partial charge on any atom is 0.273 e. The van der Waals surface area contributed by atoms with Crippen LogP contribution in [0.4, 0.5) is 0 Å². The zero-order chi connectivity index (χ0) is 21.9. The summed E-state index contributed by atoms with van der Waals surface area (Å²) in [7, 11) is 0. The van der Waals surface area contributed by atoms with Crippen molar-refractivity contribution in [3.8, 4) is 10.7 Å². The second kappa shape index (κ2) is 9.22. The summed E-state index contributed by atoms with van der Waals surface area (Å²) in [6.45, 7) is 7.17. The number of carbonyl (C=O) groups is 1. The van der Waals surface area contributed by atoms with Crippen LogP contribution in [0.1, 0.15) is 29.4 Å². The maximum atomic E-state index is 13.1. The van der Waals surface area contributed by atoms with Gasteiger partial charge in [-0.1, -0.05) is 31.2 Å². The molecule has 7 heteroatoms. The lowest BCUT2D eigenvalue weighted by Crippen LogP contribution is -2.48. The molecule has 4 heterocycles. The Morgan fingerprint density at radius 1 is 1.09 bits per heavy atom. The Balaban J connectivity index is 1.29. The monoisotopic (exact) mass is 445 g/mol. The summed E-state index contributed by atoms with van der Waals surface area (Å²) in [5.74, 6) is 0.0340. The predicted octanol–water partition coefficient (Wildman–Crippen LogP) is 4.53. The van der Waals surface area contributed by atoms with Gasteiger partial charge in [-0.25, -0.2) is 4.98 Å². The molecule has 5 rings (SSSR count). The molecule has 6 nitrogen and oxygen atoms in total. The number of fused-ring (bicyclic) bond motifs is 1. The first kappa shape index (κ1) is 20.8. The summed E-state index contributed by atoms with van der Waals surface area (Å²) in [5, 5.41) is 4.03. The minimum atomic E-state index is 0.0340. The lowest BCUT2D eigenvalue weighted by Gasteiger charge is -2.34. The highest BCUT2D eigenvalue weighted by Crippen LogP contribution is 2.31. The molecule has 1 amide bonds. The van der Waals surface area contributed by atoms with Gasteiger partial charge in [0.1, 0.15) is 10.7 Å². The number of thiazole rings is 1. The van der Waals surface area contributed by atoms with Gasteiger partial charge in [0.2, 0.25) is 0 Å². The second-order valence-corrected chi connectivity index (χ2v) is 9.07. The molecule has 0 atom stereocenters. The number of nitrogens with zero attached hydrogens (tertiary/aromatic N) is 5. The summed E-state index contributed by atoms with van der Waals surface area (Å²) >= 11 is 1.56. The number of piperazine rings is 1. The number of para-hydroxylation sites is 1. The number of rotatable bonds is 6. The molecule has 32 heavy (non-hydrogen) atoms. The molecule has 1 aromatic carbocycles. The Morgan fingerprint density at radius 2 is 1.94 bits per heavy atom. The van der Waals surface area contributed by atoms with Crippen molar-refractivity contribution < 1.29 is 4.79 Å². The fourth-order valence-electron chi connectivity index (χ4n) is 4.36. The normalized spacial score (nSPS) is 14.8. The molecule has 0 N–H and O–H groups in total. The first-order valence-electron chi connectivity index (χ1n) is 11.2. The van der Waals surface area contributed by atoms with Crippen LogP contribution in [0, 0.1) is 0 Å². The standard InChI is InChI=1S/C25H27N5OS/c1-2-10-30-22-8-4-3-7-20(22)15-23(30)24-27-21(18-32-24)25(31)29-13-11-28(12-14-29)17-19-6-5-9-26-16-19/h3-9,15-16,18H,2,10-14,17H2,1H3. The largest absolute Gasteiger partial charge is 0.339 e. The number of amides is 1.